The minimum Gasteiger partial charge on any atom is -0.351 e. The second kappa shape index (κ2) is 8.05. The summed E-state index contributed by atoms with van der Waals surface area (Å²) in [4.78, 5) is 42.6. The molecule has 0 aliphatic heterocycles. The van der Waals surface area contributed by atoms with Gasteiger partial charge in [0.2, 0.25) is 5.91 Å². The predicted molar refractivity (Wildman–Crippen MR) is 106 cm³/mol. The van der Waals surface area contributed by atoms with E-state index in [9.17, 15) is 14.4 Å². The Morgan fingerprint density at radius 2 is 2.08 bits per heavy atom. The fourth-order valence-electron chi connectivity index (χ4n) is 2.49. The van der Waals surface area contributed by atoms with Crippen LogP contribution in [0.2, 0.25) is 0 Å². The molecule has 7 nitrogen and oxygen atoms in total. The van der Waals surface area contributed by atoms with E-state index in [1.807, 2.05) is 27.7 Å². The largest absolute Gasteiger partial charge is 0.351 e. The molecular formula is C17H22N4O3S2. The Kier molecular flexibility index (Phi) is 6.25. The highest BCUT2D eigenvalue weighted by atomic mass is 32.2. The van der Waals surface area contributed by atoms with Crippen LogP contribution in [-0.4, -0.2) is 26.7 Å². The number of nitrogens with one attached hydrogen (secondary N) is 1. The van der Waals surface area contributed by atoms with E-state index in [1.165, 1.54) is 15.9 Å². The van der Waals surface area contributed by atoms with Gasteiger partial charge in [-0.05, 0) is 25.3 Å². The minimum atomic E-state index is -0.905. The van der Waals surface area contributed by atoms with Crippen LogP contribution >= 0.6 is 23.1 Å². The van der Waals surface area contributed by atoms with Crippen molar-refractivity contribution >= 4 is 45.3 Å². The topological polar surface area (TPSA) is 107 Å². The maximum Gasteiger partial charge on any atom is 0.318 e. The molecule has 2 aromatic rings. The van der Waals surface area contributed by atoms with Crippen LogP contribution in [0.1, 0.15) is 24.3 Å². The van der Waals surface area contributed by atoms with Crippen LogP contribution < -0.4 is 16.6 Å². The summed E-state index contributed by atoms with van der Waals surface area (Å²) >= 11 is 2.60. The fraction of sp³-hybridized carbons (Fsp3) is 0.412. The summed E-state index contributed by atoms with van der Waals surface area (Å²) in [5.41, 5.74) is 5.82. The molecule has 0 saturated carbocycles. The fourth-order valence-corrected chi connectivity index (χ4v) is 4.66. The van der Waals surface area contributed by atoms with E-state index in [0.717, 1.165) is 22.2 Å². The monoisotopic (exact) mass is 394 g/mol. The molecule has 0 fully saturated rings. The van der Waals surface area contributed by atoms with E-state index in [4.69, 9.17) is 5.73 Å². The first-order valence-corrected chi connectivity index (χ1v) is 9.75. The van der Waals surface area contributed by atoms with Gasteiger partial charge >= 0.3 is 6.03 Å². The molecule has 0 aromatic carbocycles. The Morgan fingerprint density at radius 1 is 1.42 bits per heavy atom. The number of hydrogen-bond acceptors (Lipinski definition) is 6. The second-order valence-corrected chi connectivity index (χ2v) is 8.51. The van der Waals surface area contributed by atoms with Gasteiger partial charge in [0.1, 0.15) is 4.83 Å². The molecule has 0 radical (unpaired) electrons. The molecule has 140 valence electrons. The lowest BCUT2D eigenvalue weighted by atomic mass is 10.1. The number of allylic oxidation sites excluding steroid dienone is 1. The van der Waals surface area contributed by atoms with Crippen molar-refractivity contribution in [2.75, 3.05) is 0 Å². The highest BCUT2D eigenvalue weighted by molar-refractivity contribution is 8.00. The maximum atomic E-state index is 13.0. The van der Waals surface area contributed by atoms with Crippen molar-refractivity contribution in [3.05, 3.63) is 33.4 Å². The SMILES string of the molecule is C=CCn1c(S[C@H](C(=O)NC(N)=O)C(C)C)nc2sc(C)c(C)c2c1=O. The zero-order valence-corrected chi connectivity index (χ0v) is 16.8. The van der Waals surface area contributed by atoms with Crippen LogP contribution in [0.15, 0.2) is 22.6 Å². The number of urea groups is 1. The van der Waals surface area contributed by atoms with E-state index in [1.54, 1.807) is 6.08 Å². The molecule has 1 atom stereocenters. The highest BCUT2D eigenvalue weighted by Crippen LogP contribution is 2.31. The Hall–Kier alpha value is -2.13. The van der Waals surface area contributed by atoms with Crippen LogP contribution in [0.4, 0.5) is 4.79 Å². The van der Waals surface area contributed by atoms with Gasteiger partial charge in [0.05, 0.1) is 10.6 Å². The Bertz CT molecular complexity index is 930. The first kappa shape index (κ1) is 20.2. The van der Waals surface area contributed by atoms with Crippen molar-refractivity contribution in [2.45, 2.75) is 44.6 Å². The number of primary amides is 1. The molecule has 0 saturated heterocycles. The number of imide groups is 1. The number of nitrogens with zero attached hydrogens (tertiary/aromatic N) is 2. The van der Waals surface area contributed by atoms with Crippen LogP contribution in [0.3, 0.4) is 0 Å². The van der Waals surface area contributed by atoms with Gasteiger partial charge in [0, 0.05) is 11.4 Å². The van der Waals surface area contributed by atoms with Gasteiger partial charge in [-0.1, -0.05) is 31.7 Å². The molecule has 0 aliphatic rings. The third-order valence-corrected chi connectivity index (χ3v) is 6.54. The van der Waals surface area contributed by atoms with E-state index < -0.39 is 17.2 Å². The van der Waals surface area contributed by atoms with Gasteiger partial charge in [-0.15, -0.1) is 17.9 Å². The number of fused-ring (bicyclic) bond motifs is 1. The van der Waals surface area contributed by atoms with E-state index in [0.29, 0.717) is 15.4 Å². The predicted octanol–water partition coefficient (Wildman–Crippen LogP) is 2.57. The van der Waals surface area contributed by atoms with Crippen molar-refractivity contribution in [1.82, 2.24) is 14.9 Å². The van der Waals surface area contributed by atoms with Crippen molar-refractivity contribution < 1.29 is 9.59 Å². The van der Waals surface area contributed by atoms with Gasteiger partial charge in [-0.2, -0.15) is 0 Å². The van der Waals surface area contributed by atoms with Crippen LogP contribution in [0.25, 0.3) is 10.2 Å². The Balaban J connectivity index is 2.57. The average Bonchev–Trinajstić information content (AvgIpc) is 2.81. The molecule has 2 rings (SSSR count). The van der Waals surface area contributed by atoms with Crippen LogP contribution in [-0.2, 0) is 11.3 Å². The first-order valence-electron chi connectivity index (χ1n) is 8.05. The highest BCUT2D eigenvalue weighted by Gasteiger charge is 2.27. The summed E-state index contributed by atoms with van der Waals surface area (Å²) in [6, 6.07) is -0.905. The number of amides is 3. The summed E-state index contributed by atoms with van der Waals surface area (Å²) in [7, 11) is 0. The maximum absolute atomic E-state index is 13.0. The van der Waals surface area contributed by atoms with Gasteiger partial charge in [-0.25, -0.2) is 9.78 Å². The van der Waals surface area contributed by atoms with Crippen molar-refractivity contribution in [2.24, 2.45) is 11.7 Å². The number of hydrogen-bond donors (Lipinski definition) is 2. The Labute approximate surface area is 159 Å². The molecule has 0 spiro atoms. The van der Waals surface area contributed by atoms with Crippen LogP contribution in [0, 0.1) is 19.8 Å². The zero-order chi connectivity index (χ0) is 19.6. The summed E-state index contributed by atoms with van der Waals surface area (Å²) in [6.45, 7) is 11.5. The molecule has 2 aromatic heterocycles. The minimum absolute atomic E-state index is 0.101. The standard InChI is InChI=1S/C17H22N4O3S2/c1-6-7-21-15(23)11-9(4)10(5)25-14(11)20-17(21)26-12(8(2)3)13(22)19-16(18)24/h6,8,12H,1,7H2,2-5H3,(H3,18,19,22,24)/t12-/m0/s1. The summed E-state index contributed by atoms with van der Waals surface area (Å²) in [5.74, 6) is -0.605. The molecule has 0 aliphatic carbocycles. The van der Waals surface area contributed by atoms with Crippen molar-refractivity contribution in [3.8, 4) is 0 Å². The summed E-state index contributed by atoms with van der Waals surface area (Å²) in [5, 5.41) is 2.50. The third-order valence-electron chi connectivity index (χ3n) is 3.91. The quantitative estimate of drug-likeness (QED) is 0.445. The van der Waals surface area contributed by atoms with E-state index in [-0.39, 0.29) is 18.0 Å². The molecule has 3 amide bonds. The van der Waals surface area contributed by atoms with E-state index in [2.05, 4.69) is 16.9 Å². The number of thioether (sulfide) groups is 1. The number of aryl methyl sites for hydroxylation is 2. The van der Waals surface area contributed by atoms with Gasteiger partial charge in [-0.3, -0.25) is 19.5 Å². The number of thiophene rings is 1. The normalized spacial score (nSPS) is 12.3. The third kappa shape index (κ3) is 3.99. The second-order valence-electron chi connectivity index (χ2n) is 6.20. The number of carbonyl (C=O) groups is 2. The molecule has 0 bridgehead atoms. The first-order chi connectivity index (χ1) is 12.2. The molecule has 0 unspecified atom stereocenters. The number of nitrogens with two attached hydrogens (primary N) is 1. The van der Waals surface area contributed by atoms with Crippen molar-refractivity contribution in [1.29, 1.82) is 0 Å². The molecule has 9 heteroatoms. The number of aromatic nitrogens is 2. The van der Waals surface area contributed by atoms with Crippen LogP contribution in [0.5, 0.6) is 0 Å². The van der Waals surface area contributed by atoms with Gasteiger partial charge < -0.3 is 5.73 Å². The molecular weight excluding hydrogens is 372 g/mol. The van der Waals surface area contributed by atoms with Gasteiger partial charge in [0.25, 0.3) is 5.56 Å². The smallest absolute Gasteiger partial charge is 0.318 e. The number of rotatable bonds is 6. The number of carbonyl (C=O) groups excluding carboxylic acids is 2. The molecule has 2 heterocycles. The lowest BCUT2D eigenvalue weighted by Crippen LogP contribution is -2.42. The lowest BCUT2D eigenvalue weighted by Gasteiger charge is -2.20. The van der Waals surface area contributed by atoms with Gasteiger partial charge in [0.15, 0.2) is 5.16 Å². The Morgan fingerprint density at radius 3 is 2.62 bits per heavy atom. The summed E-state index contributed by atoms with van der Waals surface area (Å²) < 4.78 is 1.51. The molecule has 26 heavy (non-hydrogen) atoms. The molecule has 3 N–H and O–H groups in total. The van der Waals surface area contributed by atoms with E-state index >= 15 is 0 Å². The van der Waals surface area contributed by atoms with Crippen molar-refractivity contribution in [3.63, 3.8) is 0 Å². The average molecular weight is 395 g/mol. The lowest BCUT2D eigenvalue weighted by molar-refractivity contribution is -0.120. The summed E-state index contributed by atoms with van der Waals surface area (Å²) in [6.07, 6.45) is 1.61. The zero-order valence-electron chi connectivity index (χ0n) is 15.2.